The lowest BCUT2D eigenvalue weighted by Crippen LogP contribution is -2.37. The first kappa shape index (κ1) is 20.5. The van der Waals surface area contributed by atoms with Crippen molar-refractivity contribution in [2.45, 2.75) is 37.6 Å². The van der Waals surface area contributed by atoms with E-state index in [-0.39, 0.29) is 10.8 Å². The van der Waals surface area contributed by atoms with Gasteiger partial charge in [0.25, 0.3) is 5.91 Å². The van der Waals surface area contributed by atoms with Crippen LogP contribution in [0.15, 0.2) is 29.2 Å². The van der Waals surface area contributed by atoms with E-state index in [0.29, 0.717) is 29.7 Å². The third-order valence-electron chi connectivity index (χ3n) is 5.64. The van der Waals surface area contributed by atoms with Gasteiger partial charge in [0.2, 0.25) is 10.0 Å². The Kier molecular flexibility index (Phi) is 5.74. The van der Waals surface area contributed by atoms with Crippen LogP contribution >= 0.6 is 11.3 Å². The maximum absolute atomic E-state index is 12.8. The van der Waals surface area contributed by atoms with Crippen molar-refractivity contribution in [3.8, 4) is 0 Å². The summed E-state index contributed by atoms with van der Waals surface area (Å²) in [5, 5.41) is 3.44. The molecule has 7 nitrogen and oxygen atoms in total. The van der Waals surface area contributed by atoms with Gasteiger partial charge in [-0.05, 0) is 50.1 Å². The molecule has 2 aliphatic rings. The number of nitrogens with zero attached hydrogens (tertiary/aromatic N) is 3. The van der Waals surface area contributed by atoms with Crippen molar-refractivity contribution in [2.24, 2.45) is 5.92 Å². The van der Waals surface area contributed by atoms with Crippen molar-refractivity contribution in [3.63, 3.8) is 0 Å². The molecule has 4 rings (SSSR count). The van der Waals surface area contributed by atoms with Gasteiger partial charge >= 0.3 is 0 Å². The maximum atomic E-state index is 12.8. The smallest absolute Gasteiger partial charge is 0.257 e. The molecular formula is C20H26N4O3S2. The van der Waals surface area contributed by atoms with Gasteiger partial charge in [-0.3, -0.25) is 10.1 Å². The molecule has 1 fully saturated rings. The Bertz CT molecular complexity index is 993. The van der Waals surface area contributed by atoms with Crippen LogP contribution in [-0.4, -0.2) is 55.2 Å². The van der Waals surface area contributed by atoms with Crippen molar-refractivity contribution in [3.05, 3.63) is 40.4 Å². The summed E-state index contributed by atoms with van der Waals surface area (Å²) >= 11 is 1.50. The SMILES string of the molecule is CC1CCN(S(=O)(=O)c2ccc(C(=O)Nc3nc4c(s3)CN(C)CC4)cc2)CC1. The molecule has 3 heterocycles. The fraction of sp³-hybridized carbons (Fsp3) is 0.500. The predicted octanol–water partition coefficient (Wildman–Crippen LogP) is 2.80. The van der Waals surface area contributed by atoms with E-state index < -0.39 is 10.0 Å². The first-order valence-corrected chi connectivity index (χ1v) is 12.2. The van der Waals surface area contributed by atoms with Crippen molar-refractivity contribution >= 4 is 32.4 Å². The van der Waals surface area contributed by atoms with Crippen LogP contribution in [0.5, 0.6) is 0 Å². The number of anilines is 1. The van der Waals surface area contributed by atoms with E-state index in [2.05, 4.69) is 29.2 Å². The molecule has 0 bridgehead atoms. The van der Waals surface area contributed by atoms with E-state index in [4.69, 9.17) is 0 Å². The molecule has 1 saturated heterocycles. The lowest BCUT2D eigenvalue weighted by molar-refractivity contribution is 0.102. The Morgan fingerprint density at radius 1 is 1.17 bits per heavy atom. The van der Waals surface area contributed by atoms with Crippen LogP contribution in [0.2, 0.25) is 0 Å². The number of aromatic nitrogens is 1. The number of piperidine rings is 1. The highest BCUT2D eigenvalue weighted by atomic mass is 32.2. The maximum Gasteiger partial charge on any atom is 0.257 e. The molecule has 156 valence electrons. The minimum Gasteiger partial charge on any atom is -0.301 e. The van der Waals surface area contributed by atoms with E-state index in [9.17, 15) is 13.2 Å². The lowest BCUT2D eigenvalue weighted by Gasteiger charge is -2.29. The van der Waals surface area contributed by atoms with E-state index in [1.807, 2.05) is 0 Å². The molecule has 0 atom stereocenters. The second-order valence-electron chi connectivity index (χ2n) is 7.94. The quantitative estimate of drug-likeness (QED) is 0.800. The Hall–Kier alpha value is -1.81. The molecular weight excluding hydrogens is 408 g/mol. The molecule has 1 N–H and O–H groups in total. The van der Waals surface area contributed by atoms with E-state index in [0.717, 1.165) is 38.0 Å². The highest BCUT2D eigenvalue weighted by Crippen LogP contribution is 2.28. The van der Waals surface area contributed by atoms with Gasteiger partial charge in [0.15, 0.2) is 5.13 Å². The summed E-state index contributed by atoms with van der Waals surface area (Å²) in [4.78, 5) is 20.8. The average Bonchev–Trinajstić information content (AvgIpc) is 3.09. The Labute approximate surface area is 175 Å². The number of fused-ring (bicyclic) bond motifs is 1. The monoisotopic (exact) mass is 434 g/mol. The molecule has 0 spiro atoms. The minimum absolute atomic E-state index is 0.233. The highest BCUT2D eigenvalue weighted by molar-refractivity contribution is 7.89. The molecule has 2 aliphatic heterocycles. The zero-order valence-corrected chi connectivity index (χ0v) is 18.4. The fourth-order valence-corrected chi connectivity index (χ4v) is 6.25. The second-order valence-corrected chi connectivity index (χ2v) is 11.0. The van der Waals surface area contributed by atoms with Gasteiger partial charge in [-0.1, -0.05) is 6.92 Å². The van der Waals surface area contributed by atoms with Crippen LogP contribution in [0.3, 0.4) is 0 Å². The van der Waals surface area contributed by atoms with E-state index >= 15 is 0 Å². The molecule has 0 saturated carbocycles. The van der Waals surface area contributed by atoms with Crippen LogP contribution < -0.4 is 5.32 Å². The number of thiazole rings is 1. The number of nitrogens with one attached hydrogen (secondary N) is 1. The summed E-state index contributed by atoms with van der Waals surface area (Å²) < 4.78 is 27.2. The first-order chi connectivity index (χ1) is 13.8. The number of sulfonamides is 1. The molecule has 1 aromatic carbocycles. The lowest BCUT2D eigenvalue weighted by atomic mass is 10.0. The number of carbonyl (C=O) groups is 1. The topological polar surface area (TPSA) is 82.6 Å². The Morgan fingerprint density at radius 2 is 1.86 bits per heavy atom. The van der Waals surface area contributed by atoms with Gasteiger partial charge in [-0.25, -0.2) is 13.4 Å². The summed E-state index contributed by atoms with van der Waals surface area (Å²) in [6.45, 7) is 5.07. The molecule has 0 radical (unpaired) electrons. The van der Waals surface area contributed by atoms with Crippen molar-refractivity contribution in [2.75, 3.05) is 32.0 Å². The fourth-order valence-electron chi connectivity index (χ4n) is 3.70. The Balaban J connectivity index is 1.44. The normalized spacial score (nSPS) is 19.1. The van der Waals surface area contributed by atoms with Crippen LogP contribution in [0.1, 0.15) is 40.7 Å². The number of hydrogen-bond donors (Lipinski definition) is 1. The summed E-state index contributed by atoms with van der Waals surface area (Å²) in [5.41, 5.74) is 1.47. The number of likely N-dealkylation sites (N-methyl/N-ethyl adjacent to an activating group) is 1. The van der Waals surface area contributed by atoms with Crippen LogP contribution in [0.4, 0.5) is 5.13 Å². The number of benzene rings is 1. The summed E-state index contributed by atoms with van der Waals surface area (Å²) in [5.74, 6) is 0.282. The molecule has 0 unspecified atom stereocenters. The van der Waals surface area contributed by atoms with E-state index in [1.54, 1.807) is 16.4 Å². The van der Waals surface area contributed by atoms with Crippen LogP contribution in [0.25, 0.3) is 0 Å². The van der Waals surface area contributed by atoms with Gasteiger partial charge < -0.3 is 4.90 Å². The van der Waals surface area contributed by atoms with Gasteiger partial charge in [-0.2, -0.15) is 4.31 Å². The predicted molar refractivity (Wildman–Crippen MR) is 114 cm³/mol. The van der Waals surface area contributed by atoms with Crippen molar-refractivity contribution in [1.29, 1.82) is 0 Å². The van der Waals surface area contributed by atoms with Gasteiger partial charge in [0, 0.05) is 43.0 Å². The Morgan fingerprint density at radius 3 is 2.55 bits per heavy atom. The zero-order valence-electron chi connectivity index (χ0n) is 16.7. The van der Waals surface area contributed by atoms with Gasteiger partial charge in [0.05, 0.1) is 10.6 Å². The third kappa shape index (κ3) is 4.37. The largest absolute Gasteiger partial charge is 0.301 e. The average molecular weight is 435 g/mol. The number of rotatable bonds is 4. The minimum atomic E-state index is -3.51. The molecule has 29 heavy (non-hydrogen) atoms. The molecule has 0 aliphatic carbocycles. The van der Waals surface area contributed by atoms with Crippen molar-refractivity contribution in [1.82, 2.24) is 14.2 Å². The van der Waals surface area contributed by atoms with E-state index in [1.165, 1.54) is 28.3 Å². The molecule has 1 amide bonds. The summed E-state index contributed by atoms with van der Waals surface area (Å²) in [6.07, 6.45) is 2.65. The molecule has 1 aromatic heterocycles. The highest BCUT2D eigenvalue weighted by Gasteiger charge is 2.28. The number of carbonyl (C=O) groups excluding carboxylic acids is 1. The first-order valence-electron chi connectivity index (χ1n) is 9.91. The van der Waals surface area contributed by atoms with Crippen molar-refractivity contribution < 1.29 is 13.2 Å². The zero-order chi connectivity index (χ0) is 20.6. The van der Waals surface area contributed by atoms with Gasteiger partial charge in [0.1, 0.15) is 0 Å². The number of hydrogen-bond acceptors (Lipinski definition) is 6. The summed E-state index contributed by atoms with van der Waals surface area (Å²) in [6, 6.07) is 6.17. The standard InChI is InChI=1S/C20H26N4O3S2/c1-14-7-11-24(12-8-14)29(26,27)16-5-3-15(4-6-16)19(25)22-20-21-17-9-10-23(2)13-18(17)28-20/h3-6,14H,7-13H2,1-2H3,(H,21,22,25). The van der Waals surface area contributed by atoms with Gasteiger partial charge in [-0.15, -0.1) is 11.3 Å². The molecule has 9 heteroatoms. The number of amides is 1. The third-order valence-corrected chi connectivity index (χ3v) is 8.55. The summed E-state index contributed by atoms with van der Waals surface area (Å²) in [7, 11) is -1.44. The van der Waals surface area contributed by atoms with Crippen LogP contribution in [-0.2, 0) is 23.0 Å². The second kappa shape index (κ2) is 8.14. The van der Waals surface area contributed by atoms with Crippen LogP contribution in [0, 0.1) is 5.92 Å². The molecule has 2 aromatic rings.